The Morgan fingerprint density at radius 2 is 1.84 bits per heavy atom. The van der Waals surface area contributed by atoms with Gasteiger partial charge in [-0.15, -0.1) is 0 Å². The van der Waals surface area contributed by atoms with E-state index in [0.29, 0.717) is 11.3 Å². The van der Waals surface area contributed by atoms with E-state index in [1.807, 2.05) is 0 Å². The summed E-state index contributed by atoms with van der Waals surface area (Å²) in [5, 5.41) is 0. The van der Waals surface area contributed by atoms with Crippen molar-refractivity contribution in [3.8, 4) is 11.1 Å². The van der Waals surface area contributed by atoms with E-state index in [-0.39, 0.29) is 0 Å². The summed E-state index contributed by atoms with van der Waals surface area (Å²) in [4.78, 5) is 0. The molecule has 1 heteroatoms. The molecule has 1 heterocycles. The van der Waals surface area contributed by atoms with Gasteiger partial charge in [0.2, 0.25) is 0 Å². The molecule has 1 aliphatic heterocycles. The summed E-state index contributed by atoms with van der Waals surface area (Å²) in [6.07, 6.45) is 17.5. The molecule has 4 atom stereocenters. The average Bonchev–Trinajstić information content (AvgIpc) is 3.25. The van der Waals surface area contributed by atoms with Crippen LogP contribution in [0, 0.1) is 5.41 Å². The van der Waals surface area contributed by atoms with Gasteiger partial charge in [-0.1, -0.05) is 0 Å². The first-order chi connectivity index (χ1) is 15.6. The summed E-state index contributed by atoms with van der Waals surface area (Å²) in [5.74, 6) is 0.522. The van der Waals surface area contributed by atoms with Gasteiger partial charge in [0, 0.05) is 0 Å². The fourth-order valence-corrected chi connectivity index (χ4v) is 17.3. The number of hydrogen-bond donors (Lipinski definition) is 0. The van der Waals surface area contributed by atoms with Crippen molar-refractivity contribution in [2.24, 2.45) is 5.41 Å². The molecule has 0 amide bonds. The molecule has 0 nitrogen and oxygen atoms in total. The third-order valence-electron chi connectivity index (χ3n) is 8.95. The van der Waals surface area contributed by atoms with Gasteiger partial charge in [0.05, 0.1) is 0 Å². The van der Waals surface area contributed by atoms with Crippen LogP contribution < -0.4 is 0 Å². The van der Waals surface area contributed by atoms with Crippen LogP contribution in [0.15, 0.2) is 78.4 Å². The van der Waals surface area contributed by atoms with Crippen LogP contribution in [0.25, 0.3) is 17.2 Å². The summed E-state index contributed by atoms with van der Waals surface area (Å²) in [7, 11) is 0. The Hall–Kier alpha value is -1.63. The second-order valence-corrected chi connectivity index (χ2v) is 18.4. The number of allylic oxidation sites excluding steroid dienone is 5. The molecular formula is C31H38Ti. The van der Waals surface area contributed by atoms with Gasteiger partial charge in [0.25, 0.3) is 0 Å². The second kappa shape index (κ2) is 8.96. The molecule has 5 rings (SSSR count). The number of hydrogen-bond acceptors (Lipinski definition) is 0. The minimum absolute atomic E-state index is 0.305. The molecule has 1 saturated heterocycles. The van der Waals surface area contributed by atoms with Gasteiger partial charge in [-0.3, -0.25) is 0 Å². The Kier molecular flexibility index (Phi) is 6.21. The monoisotopic (exact) mass is 458 g/mol. The van der Waals surface area contributed by atoms with Crippen molar-refractivity contribution < 1.29 is 16.6 Å². The summed E-state index contributed by atoms with van der Waals surface area (Å²) >= 11 is -1.77. The number of rotatable bonds is 9. The zero-order valence-electron chi connectivity index (χ0n) is 20.1. The van der Waals surface area contributed by atoms with Crippen molar-refractivity contribution in [3.05, 3.63) is 89.5 Å². The first kappa shape index (κ1) is 22.2. The van der Waals surface area contributed by atoms with Crippen molar-refractivity contribution >= 4 is 6.08 Å². The summed E-state index contributed by atoms with van der Waals surface area (Å²) in [6, 6.07) is 18.0. The van der Waals surface area contributed by atoms with Crippen LogP contribution in [-0.4, -0.2) is 0 Å². The van der Waals surface area contributed by atoms with Crippen LogP contribution in [0.2, 0.25) is 18.4 Å². The maximum absolute atomic E-state index is 2.59. The van der Waals surface area contributed by atoms with E-state index in [4.69, 9.17) is 0 Å². The van der Waals surface area contributed by atoms with Crippen LogP contribution in [0.5, 0.6) is 0 Å². The van der Waals surface area contributed by atoms with Crippen molar-refractivity contribution in [3.63, 3.8) is 0 Å². The molecule has 32 heavy (non-hydrogen) atoms. The van der Waals surface area contributed by atoms with E-state index < -0.39 is 16.6 Å². The van der Waals surface area contributed by atoms with Gasteiger partial charge in [-0.05, 0) is 0 Å². The van der Waals surface area contributed by atoms with Crippen LogP contribution in [0.4, 0.5) is 0 Å². The SMILES string of the molecule is CCC[CH2][Ti]1([CH2]C(CC)(C2=CC=CC2)C2C=Cc3c(-c4ccccc4)cccc32)[CH2][CH]1C. The molecule has 3 aliphatic rings. The van der Waals surface area contributed by atoms with Crippen LogP contribution in [0.3, 0.4) is 0 Å². The zero-order chi connectivity index (χ0) is 22.2. The van der Waals surface area contributed by atoms with Crippen molar-refractivity contribution in [1.29, 1.82) is 0 Å². The Bertz CT molecular complexity index is 1060. The molecule has 0 bridgehead atoms. The Morgan fingerprint density at radius 1 is 1.03 bits per heavy atom. The molecule has 2 aromatic carbocycles. The van der Waals surface area contributed by atoms with Crippen LogP contribution in [0.1, 0.15) is 63.5 Å². The fourth-order valence-electron chi connectivity index (χ4n) is 6.89. The van der Waals surface area contributed by atoms with E-state index >= 15 is 0 Å². The van der Waals surface area contributed by atoms with Crippen molar-refractivity contribution in [2.45, 2.75) is 70.8 Å². The Labute approximate surface area is 198 Å². The first-order valence-electron chi connectivity index (χ1n) is 12.9. The molecule has 4 unspecified atom stereocenters. The van der Waals surface area contributed by atoms with Gasteiger partial charge in [-0.2, -0.15) is 0 Å². The van der Waals surface area contributed by atoms with Gasteiger partial charge in [-0.25, -0.2) is 0 Å². The number of benzene rings is 2. The van der Waals surface area contributed by atoms with E-state index in [1.54, 1.807) is 20.6 Å². The third-order valence-corrected chi connectivity index (χ3v) is 18.1. The molecule has 0 saturated carbocycles. The molecule has 2 aliphatic carbocycles. The number of unbranched alkanes of at least 4 members (excludes halogenated alkanes) is 1. The minimum atomic E-state index is -1.77. The summed E-state index contributed by atoms with van der Waals surface area (Å²) < 4.78 is 5.79. The third kappa shape index (κ3) is 3.74. The predicted octanol–water partition coefficient (Wildman–Crippen LogP) is 9.78. The van der Waals surface area contributed by atoms with Crippen molar-refractivity contribution in [1.82, 2.24) is 0 Å². The maximum atomic E-state index is 2.59. The topological polar surface area (TPSA) is 0 Å². The summed E-state index contributed by atoms with van der Waals surface area (Å²) in [6.45, 7) is 7.44. The van der Waals surface area contributed by atoms with E-state index in [2.05, 4.69) is 99.7 Å². The quantitative estimate of drug-likeness (QED) is 0.328. The standard InChI is InChI=1S/C24H23.C4H9.C3H6.Ti/c1-3-24(2,19-12-7-8-13-19)23-17-16-21-20(14-9-15-22(21)23)18-10-5-4-6-11-18;1-3-4-2;1-3-2;/h4-12,14-17,23H,2-3,13H2,1H3;1,3-4H2,2H3;3H,1H2,2H3;. The number of fused-ring (bicyclic) bond motifs is 1. The van der Waals surface area contributed by atoms with E-state index in [9.17, 15) is 0 Å². The molecule has 1 fully saturated rings. The molecule has 0 aromatic heterocycles. The first-order valence-corrected chi connectivity index (χ1v) is 17.1. The Morgan fingerprint density at radius 3 is 2.50 bits per heavy atom. The molecule has 0 radical (unpaired) electrons. The van der Waals surface area contributed by atoms with Gasteiger partial charge in [0.15, 0.2) is 0 Å². The van der Waals surface area contributed by atoms with Gasteiger partial charge in [0.1, 0.15) is 0 Å². The zero-order valence-corrected chi connectivity index (χ0v) is 21.7. The normalized spacial score (nSPS) is 27.3. The predicted molar refractivity (Wildman–Crippen MR) is 137 cm³/mol. The molecule has 0 N–H and O–H groups in total. The molecule has 2 aromatic rings. The van der Waals surface area contributed by atoms with Crippen molar-refractivity contribution in [2.75, 3.05) is 0 Å². The summed E-state index contributed by atoms with van der Waals surface area (Å²) in [5.41, 5.74) is 7.79. The average molecular weight is 459 g/mol. The molecule has 166 valence electrons. The van der Waals surface area contributed by atoms with Gasteiger partial charge >= 0.3 is 200 Å². The van der Waals surface area contributed by atoms with E-state index in [0.717, 1.165) is 10.6 Å². The molecular weight excluding hydrogens is 420 g/mol. The second-order valence-electron chi connectivity index (χ2n) is 10.6. The Balaban J connectivity index is 1.57. The van der Waals surface area contributed by atoms with Gasteiger partial charge < -0.3 is 0 Å². The van der Waals surface area contributed by atoms with E-state index in [1.165, 1.54) is 40.7 Å². The molecule has 0 spiro atoms. The van der Waals surface area contributed by atoms with Crippen LogP contribution in [-0.2, 0) is 16.6 Å². The fraction of sp³-hybridized carbons (Fsp3) is 0.419. The van der Waals surface area contributed by atoms with Crippen LogP contribution >= 0.6 is 0 Å².